The smallest absolute Gasteiger partial charge is 0.338 e. The van der Waals surface area contributed by atoms with Crippen LogP contribution in [-0.4, -0.2) is 31.6 Å². The van der Waals surface area contributed by atoms with Gasteiger partial charge in [0.05, 0.1) is 18.3 Å². The lowest BCUT2D eigenvalue weighted by atomic mass is 10.1. The molecule has 1 heterocycles. The maximum Gasteiger partial charge on any atom is 0.338 e. The van der Waals surface area contributed by atoms with Gasteiger partial charge in [-0.1, -0.05) is 30.7 Å². The molecule has 2 rings (SSSR count). The molecule has 1 unspecified atom stereocenters. The minimum atomic E-state index is -0.318. The van der Waals surface area contributed by atoms with Crippen molar-refractivity contribution in [3.8, 4) is 0 Å². The molecule has 1 aliphatic heterocycles. The van der Waals surface area contributed by atoms with Gasteiger partial charge >= 0.3 is 5.97 Å². The standard InChI is InChI=1S/C17H22O4/c1-4-9-19-17-13(3)10-15(21-17)11-20-16(18)14-7-5-12(2)6-8-14/h4-8,13,15,17H,1,9-11H2,2-3H3/t13-,15-,17?/m0/s1. The van der Waals surface area contributed by atoms with Crippen molar-refractivity contribution in [1.29, 1.82) is 0 Å². The van der Waals surface area contributed by atoms with E-state index in [0.717, 1.165) is 12.0 Å². The molecule has 1 saturated heterocycles. The Kier molecular flexibility index (Phi) is 5.53. The number of carbonyl (C=O) groups excluding carboxylic acids is 1. The lowest BCUT2D eigenvalue weighted by Gasteiger charge is -2.15. The third-order valence-electron chi connectivity index (χ3n) is 3.49. The van der Waals surface area contributed by atoms with E-state index in [4.69, 9.17) is 14.2 Å². The Morgan fingerprint density at radius 3 is 2.81 bits per heavy atom. The minimum Gasteiger partial charge on any atom is -0.459 e. The lowest BCUT2D eigenvalue weighted by molar-refractivity contribution is -0.146. The van der Waals surface area contributed by atoms with E-state index in [1.807, 2.05) is 19.1 Å². The SMILES string of the molecule is C=CCOC1O[C@H](COC(=O)c2ccc(C)cc2)C[C@@H]1C. The number of carbonyl (C=O) groups is 1. The summed E-state index contributed by atoms with van der Waals surface area (Å²) >= 11 is 0. The summed E-state index contributed by atoms with van der Waals surface area (Å²) in [5, 5.41) is 0. The average molecular weight is 290 g/mol. The van der Waals surface area contributed by atoms with Crippen LogP contribution in [0.15, 0.2) is 36.9 Å². The summed E-state index contributed by atoms with van der Waals surface area (Å²) < 4.78 is 16.6. The summed E-state index contributed by atoms with van der Waals surface area (Å²) in [5.41, 5.74) is 1.67. The molecule has 3 atom stereocenters. The quantitative estimate of drug-likeness (QED) is 0.596. The molecule has 0 saturated carbocycles. The summed E-state index contributed by atoms with van der Waals surface area (Å²) in [6.45, 7) is 8.38. The predicted octanol–water partition coefficient (Wildman–Crippen LogP) is 3.11. The molecule has 1 aromatic rings. The number of benzene rings is 1. The van der Waals surface area contributed by atoms with Crippen molar-refractivity contribution in [3.63, 3.8) is 0 Å². The van der Waals surface area contributed by atoms with E-state index in [-0.39, 0.29) is 30.9 Å². The highest BCUT2D eigenvalue weighted by atomic mass is 16.7. The molecule has 1 aliphatic rings. The Bertz CT molecular complexity index is 480. The fraction of sp³-hybridized carbons (Fsp3) is 0.471. The molecule has 0 aromatic heterocycles. The Labute approximate surface area is 125 Å². The zero-order chi connectivity index (χ0) is 15.2. The number of esters is 1. The number of hydrogen-bond donors (Lipinski definition) is 0. The first kappa shape index (κ1) is 15.7. The summed E-state index contributed by atoms with van der Waals surface area (Å²) in [7, 11) is 0. The Morgan fingerprint density at radius 1 is 1.43 bits per heavy atom. The first-order valence-electron chi connectivity index (χ1n) is 7.22. The Hall–Kier alpha value is -1.65. The highest BCUT2D eigenvalue weighted by Crippen LogP contribution is 2.27. The Balaban J connectivity index is 1.79. The van der Waals surface area contributed by atoms with Crippen LogP contribution in [0.2, 0.25) is 0 Å². The number of hydrogen-bond acceptors (Lipinski definition) is 4. The van der Waals surface area contributed by atoms with Crippen LogP contribution in [0.5, 0.6) is 0 Å². The van der Waals surface area contributed by atoms with Gasteiger partial charge in [-0.3, -0.25) is 0 Å². The molecule has 21 heavy (non-hydrogen) atoms. The molecule has 1 fully saturated rings. The molecule has 4 heteroatoms. The first-order valence-corrected chi connectivity index (χ1v) is 7.22. The lowest BCUT2D eigenvalue weighted by Crippen LogP contribution is -2.21. The van der Waals surface area contributed by atoms with Crippen LogP contribution in [0.3, 0.4) is 0 Å². The fourth-order valence-corrected chi connectivity index (χ4v) is 2.32. The molecule has 0 spiro atoms. The van der Waals surface area contributed by atoms with Gasteiger partial charge in [-0.05, 0) is 25.5 Å². The van der Waals surface area contributed by atoms with Crippen LogP contribution >= 0.6 is 0 Å². The third-order valence-corrected chi connectivity index (χ3v) is 3.49. The van der Waals surface area contributed by atoms with Crippen LogP contribution in [-0.2, 0) is 14.2 Å². The first-order chi connectivity index (χ1) is 10.1. The van der Waals surface area contributed by atoms with Gasteiger partial charge in [0.2, 0.25) is 0 Å². The summed E-state index contributed by atoms with van der Waals surface area (Å²) in [6.07, 6.45) is 2.17. The van der Waals surface area contributed by atoms with Crippen molar-refractivity contribution in [1.82, 2.24) is 0 Å². The normalized spacial score (nSPS) is 24.8. The van der Waals surface area contributed by atoms with Crippen LogP contribution < -0.4 is 0 Å². The molecule has 0 N–H and O–H groups in total. The number of rotatable bonds is 6. The number of aryl methyl sites for hydroxylation is 1. The van der Waals surface area contributed by atoms with Gasteiger partial charge in [0.1, 0.15) is 6.61 Å². The molecule has 0 radical (unpaired) electrons. The van der Waals surface area contributed by atoms with Crippen LogP contribution in [0, 0.1) is 12.8 Å². The van der Waals surface area contributed by atoms with Gasteiger partial charge in [0.15, 0.2) is 6.29 Å². The van der Waals surface area contributed by atoms with E-state index in [1.54, 1.807) is 18.2 Å². The van der Waals surface area contributed by atoms with Crippen molar-refractivity contribution >= 4 is 5.97 Å². The van der Waals surface area contributed by atoms with Crippen LogP contribution in [0.25, 0.3) is 0 Å². The zero-order valence-electron chi connectivity index (χ0n) is 12.6. The van der Waals surface area contributed by atoms with E-state index >= 15 is 0 Å². The van der Waals surface area contributed by atoms with Gasteiger partial charge in [-0.2, -0.15) is 0 Å². The van der Waals surface area contributed by atoms with Gasteiger partial charge in [0, 0.05) is 5.92 Å². The molecular formula is C17H22O4. The molecule has 0 aliphatic carbocycles. The van der Waals surface area contributed by atoms with Gasteiger partial charge in [-0.25, -0.2) is 4.79 Å². The highest BCUT2D eigenvalue weighted by Gasteiger charge is 2.33. The van der Waals surface area contributed by atoms with Crippen molar-refractivity contribution in [2.24, 2.45) is 5.92 Å². The van der Waals surface area contributed by atoms with Crippen molar-refractivity contribution in [2.45, 2.75) is 32.7 Å². The molecule has 0 bridgehead atoms. The number of ether oxygens (including phenoxy) is 3. The van der Waals surface area contributed by atoms with Crippen molar-refractivity contribution in [3.05, 3.63) is 48.0 Å². The molecule has 4 nitrogen and oxygen atoms in total. The monoisotopic (exact) mass is 290 g/mol. The topological polar surface area (TPSA) is 44.8 Å². The average Bonchev–Trinajstić information content (AvgIpc) is 2.83. The molecule has 1 aromatic carbocycles. The van der Waals surface area contributed by atoms with Gasteiger partial charge in [0.25, 0.3) is 0 Å². The van der Waals surface area contributed by atoms with E-state index in [1.165, 1.54) is 0 Å². The minimum absolute atomic E-state index is 0.107. The molecule has 0 amide bonds. The largest absolute Gasteiger partial charge is 0.459 e. The van der Waals surface area contributed by atoms with E-state index < -0.39 is 0 Å². The summed E-state index contributed by atoms with van der Waals surface area (Å²) in [6, 6.07) is 7.32. The summed E-state index contributed by atoms with van der Waals surface area (Å²) in [4.78, 5) is 11.9. The van der Waals surface area contributed by atoms with Gasteiger partial charge < -0.3 is 14.2 Å². The van der Waals surface area contributed by atoms with E-state index in [9.17, 15) is 4.79 Å². The molecule has 114 valence electrons. The fourth-order valence-electron chi connectivity index (χ4n) is 2.32. The van der Waals surface area contributed by atoms with Gasteiger partial charge in [-0.15, -0.1) is 6.58 Å². The van der Waals surface area contributed by atoms with Crippen LogP contribution in [0.4, 0.5) is 0 Å². The molecular weight excluding hydrogens is 268 g/mol. The third kappa shape index (κ3) is 4.41. The highest BCUT2D eigenvalue weighted by molar-refractivity contribution is 5.89. The summed E-state index contributed by atoms with van der Waals surface area (Å²) in [5.74, 6) is -0.0326. The maximum atomic E-state index is 11.9. The Morgan fingerprint density at radius 2 is 2.14 bits per heavy atom. The second-order valence-electron chi connectivity index (χ2n) is 5.43. The second-order valence-corrected chi connectivity index (χ2v) is 5.43. The van der Waals surface area contributed by atoms with E-state index in [2.05, 4.69) is 13.5 Å². The predicted molar refractivity (Wildman–Crippen MR) is 80.1 cm³/mol. The van der Waals surface area contributed by atoms with Crippen molar-refractivity contribution < 1.29 is 19.0 Å². The maximum absolute atomic E-state index is 11.9. The zero-order valence-corrected chi connectivity index (χ0v) is 12.6. The van der Waals surface area contributed by atoms with Crippen molar-refractivity contribution in [2.75, 3.05) is 13.2 Å². The van der Waals surface area contributed by atoms with Crippen LogP contribution in [0.1, 0.15) is 29.3 Å². The van der Waals surface area contributed by atoms with E-state index in [0.29, 0.717) is 12.2 Å². The second kappa shape index (κ2) is 7.38.